The van der Waals surface area contributed by atoms with Gasteiger partial charge in [0, 0.05) is 24.0 Å². The minimum absolute atomic E-state index is 0.113. The van der Waals surface area contributed by atoms with E-state index >= 15 is 0 Å². The van der Waals surface area contributed by atoms with Gasteiger partial charge in [-0.05, 0) is 18.6 Å². The third kappa shape index (κ3) is 3.76. The molecule has 8 heteroatoms. The van der Waals surface area contributed by atoms with Crippen LogP contribution < -0.4 is 15.4 Å². The zero-order chi connectivity index (χ0) is 18.0. The molecule has 0 amide bonds. The molecule has 25 heavy (non-hydrogen) atoms. The van der Waals surface area contributed by atoms with Crippen LogP contribution in [0.1, 0.15) is 12.5 Å². The van der Waals surface area contributed by atoms with Gasteiger partial charge in [0.1, 0.15) is 0 Å². The molecule has 7 nitrogen and oxygen atoms in total. The molecule has 0 bridgehead atoms. The largest absolute Gasteiger partial charge is 0.274 e. The number of hydrogen-bond acceptors (Lipinski definition) is 4. The van der Waals surface area contributed by atoms with E-state index in [2.05, 4.69) is 9.82 Å². The molecule has 3 rings (SSSR count). The average molecular weight is 358 g/mol. The lowest BCUT2D eigenvalue weighted by Gasteiger charge is -2.10. The van der Waals surface area contributed by atoms with Crippen LogP contribution in [0.2, 0.25) is 0 Å². The fraction of sp³-hybridized carbons (Fsp3) is 0.176. The predicted octanol–water partition coefficient (Wildman–Crippen LogP) is 1.38. The number of rotatable bonds is 5. The van der Waals surface area contributed by atoms with Gasteiger partial charge in [0.2, 0.25) is 0 Å². The second kappa shape index (κ2) is 6.75. The Balaban J connectivity index is 2.05. The fourth-order valence-corrected chi connectivity index (χ4v) is 2.99. The van der Waals surface area contributed by atoms with Gasteiger partial charge >= 0.3 is 0 Å². The van der Waals surface area contributed by atoms with Crippen molar-refractivity contribution in [3.05, 3.63) is 64.4 Å². The van der Waals surface area contributed by atoms with Crippen molar-refractivity contribution < 1.29 is 8.42 Å². The Labute approximate surface area is 145 Å². The Bertz CT molecular complexity index is 1070. The summed E-state index contributed by atoms with van der Waals surface area (Å²) in [4.78, 5) is 12.4. The Morgan fingerprint density at radius 1 is 1.08 bits per heavy atom. The van der Waals surface area contributed by atoms with Gasteiger partial charge in [-0.3, -0.25) is 4.79 Å². The zero-order valence-corrected chi connectivity index (χ0v) is 14.5. The molecule has 0 spiro atoms. The molecule has 1 heterocycles. The standard InChI is InChI=1S/C17H18N4O3S/c1-2-21-17(22)15-6-4-3-5-14(15)16(20-21)13-9-7-12(8-10-13)11-19-25(18,23)24/h3-10,19H,2,11H2,1H3,(H2,18,23,24). The summed E-state index contributed by atoms with van der Waals surface area (Å²) in [6, 6.07) is 14.6. The van der Waals surface area contributed by atoms with Crippen LogP contribution in [0.15, 0.2) is 53.3 Å². The van der Waals surface area contributed by atoms with Crippen molar-refractivity contribution in [2.45, 2.75) is 20.0 Å². The number of nitrogens with two attached hydrogens (primary N) is 1. The number of benzene rings is 2. The lowest BCUT2D eigenvalue weighted by Crippen LogP contribution is -2.30. The van der Waals surface area contributed by atoms with Crippen molar-refractivity contribution in [3.8, 4) is 11.3 Å². The van der Waals surface area contributed by atoms with Gasteiger partial charge in [0.25, 0.3) is 15.8 Å². The van der Waals surface area contributed by atoms with E-state index in [1.54, 1.807) is 18.2 Å². The predicted molar refractivity (Wildman–Crippen MR) is 97.1 cm³/mol. The maximum absolute atomic E-state index is 12.4. The number of hydrogen-bond donors (Lipinski definition) is 2. The SMILES string of the molecule is CCn1nc(-c2ccc(CNS(N)(=O)=O)cc2)c2ccccc2c1=O. The molecule has 3 aromatic rings. The summed E-state index contributed by atoms with van der Waals surface area (Å²) in [6.45, 7) is 2.46. The van der Waals surface area contributed by atoms with Crippen molar-refractivity contribution in [1.82, 2.24) is 14.5 Å². The molecule has 0 unspecified atom stereocenters. The molecule has 0 atom stereocenters. The number of nitrogens with zero attached hydrogens (tertiary/aromatic N) is 2. The van der Waals surface area contributed by atoms with Crippen LogP contribution in [-0.2, 0) is 23.3 Å². The van der Waals surface area contributed by atoms with E-state index in [9.17, 15) is 13.2 Å². The minimum Gasteiger partial charge on any atom is -0.267 e. The number of fused-ring (bicyclic) bond motifs is 1. The van der Waals surface area contributed by atoms with E-state index in [1.165, 1.54) is 4.68 Å². The molecule has 130 valence electrons. The first-order chi connectivity index (χ1) is 11.9. The van der Waals surface area contributed by atoms with Gasteiger partial charge in [0.15, 0.2) is 0 Å². The highest BCUT2D eigenvalue weighted by molar-refractivity contribution is 7.87. The summed E-state index contributed by atoms with van der Waals surface area (Å²) in [5, 5.41) is 10.8. The molecule has 0 aliphatic rings. The molecule has 0 aliphatic heterocycles. The van der Waals surface area contributed by atoms with Crippen LogP contribution in [0.25, 0.3) is 22.0 Å². The lowest BCUT2D eigenvalue weighted by atomic mass is 10.0. The summed E-state index contributed by atoms with van der Waals surface area (Å²) in [7, 11) is -3.73. The third-order valence-electron chi connectivity index (χ3n) is 3.87. The molecule has 0 radical (unpaired) electrons. The Hall–Kier alpha value is -2.55. The monoisotopic (exact) mass is 358 g/mol. The summed E-state index contributed by atoms with van der Waals surface area (Å²) in [6.07, 6.45) is 0. The molecule has 2 aromatic carbocycles. The summed E-state index contributed by atoms with van der Waals surface area (Å²) >= 11 is 0. The van der Waals surface area contributed by atoms with Gasteiger partial charge in [-0.1, -0.05) is 42.5 Å². The highest BCUT2D eigenvalue weighted by Crippen LogP contribution is 2.24. The summed E-state index contributed by atoms with van der Waals surface area (Å²) < 4.78 is 25.6. The molecular formula is C17H18N4O3S. The zero-order valence-electron chi connectivity index (χ0n) is 13.6. The first-order valence-electron chi connectivity index (χ1n) is 7.75. The van der Waals surface area contributed by atoms with Crippen molar-refractivity contribution in [2.75, 3.05) is 0 Å². The van der Waals surface area contributed by atoms with Crippen LogP contribution >= 0.6 is 0 Å². The molecule has 0 aliphatic carbocycles. The number of aromatic nitrogens is 2. The van der Waals surface area contributed by atoms with Gasteiger partial charge in [-0.25, -0.2) is 9.82 Å². The maximum atomic E-state index is 12.4. The van der Waals surface area contributed by atoms with Crippen LogP contribution in [0.3, 0.4) is 0 Å². The van der Waals surface area contributed by atoms with E-state index in [0.717, 1.165) is 16.5 Å². The first kappa shape index (κ1) is 17.3. The van der Waals surface area contributed by atoms with Gasteiger partial charge in [0.05, 0.1) is 11.1 Å². The number of nitrogens with one attached hydrogen (secondary N) is 1. The smallest absolute Gasteiger partial charge is 0.267 e. The van der Waals surface area contributed by atoms with Crippen molar-refractivity contribution in [3.63, 3.8) is 0 Å². The first-order valence-corrected chi connectivity index (χ1v) is 9.30. The van der Waals surface area contributed by atoms with E-state index < -0.39 is 10.2 Å². The quantitative estimate of drug-likeness (QED) is 0.718. The van der Waals surface area contributed by atoms with Crippen LogP contribution in [-0.4, -0.2) is 18.2 Å². The molecule has 3 N–H and O–H groups in total. The molecule has 0 saturated heterocycles. The molecule has 0 fully saturated rings. The average Bonchev–Trinajstić information content (AvgIpc) is 2.60. The third-order valence-corrected chi connectivity index (χ3v) is 4.42. The molecule has 1 aromatic heterocycles. The second-order valence-electron chi connectivity index (χ2n) is 5.58. The van der Waals surface area contributed by atoms with Gasteiger partial charge in [-0.15, -0.1) is 0 Å². The van der Waals surface area contributed by atoms with Crippen LogP contribution in [0, 0.1) is 0 Å². The fourth-order valence-electron chi connectivity index (χ4n) is 2.63. The van der Waals surface area contributed by atoms with Crippen LogP contribution in [0.4, 0.5) is 0 Å². The Kier molecular flexibility index (Phi) is 4.67. The summed E-state index contributed by atoms with van der Waals surface area (Å²) in [5.41, 5.74) is 2.21. The topological polar surface area (TPSA) is 107 Å². The normalized spacial score (nSPS) is 11.8. The Morgan fingerprint density at radius 2 is 1.72 bits per heavy atom. The Morgan fingerprint density at radius 3 is 2.32 bits per heavy atom. The lowest BCUT2D eigenvalue weighted by molar-refractivity contribution is 0.583. The highest BCUT2D eigenvalue weighted by atomic mass is 32.2. The van der Waals surface area contributed by atoms with E-state index in [-0.39, 0.29) is 12.1 Å². The molecular weight excluding hydrogens is 340 g/mol. The molecule has 0 saturated carbocycles. The maximum Gasteiger partial charge on any atom is 0.274 e. The van der Waals surface area contributed by atoms with Gasteiger partial charge in [-0.2, -0.15) is 18.2 Å². The van der Waals surface area contributed by atoms with Crippen molar-refractivity contribution in [2.24, 2.45) is 5.14 Å². The van der Waals surface area contributed by atoms with E-state index in [0.29, 0.717) is 17.6 Å². The van der Waals surface area contributed by atoms with Crippen LogP contribution in [0.5, 0.6) is 0 Å². The van der Waals surface area contributed by atoms with Crippen molar-refractivity contribution >= 4 is 21.0 Å². The highest BCUT2D eigenvalue weighted by Gasteiger charge is 2.11. The van der Waals surface area contributed by atoms with Gasteiger partial charge < -0.3 is 0 Å². The summed E-state index contributed by atoms with van der Waals surface area (Å²) in [5.74, 6) is 0. The number of aryl methyl sites for hydroxylation is 1. The van der Waals surface area contributed by atoms with E-state index in [1.807, 2.05) is 37.3 Å². The second-order valence-corrected chi connectivity index (χ2v) is 6.96. The minimum atomic E-state index is -3.73. The van der Waals surface area contributed by atoms with Crippen molar-refractivity contribution in [1.29, 1.82) is 0 Å². The van der Waals surface area contributed by atoms with E-state index in [4.69, 9.17) is 5.14 Å².